The van der Waals surface area contributed by atoms with Crippen molar-refractivity contribution in [1.82, 2.24) is 14.3 Å². The number of aromatic nitrogens is 3. The van der Waals surface area contributed by atoms with Crippen LogP contribution in [0.3, 0.4) is 0 Å². The molecule has 66 valence electrons. The molecule has 0 aliphatic carbocycles. The first-order valence-corrected chi connectivity index (χ1v) is 4.56. The Bertz CT molecular complexity index is 424. The molecule has 0 bridgehead atoms. The molecule has 0 saturated carbocycles. The van der Waals surface area contributed by atoms with Gasteiger partial charge in [0.25, 0.3) is 0 Å². The number of nitrogens with zero attached hydrogens (tertiary/aromatic N) is 3. The van der Waals surface area contributed by atoms with Crippen LogP contribution < -0.4 is 5.73 Å². The molecule has 0 spiro atoms. The summed E-state index contributed by atoms with van der Waals surface area (Å²) in [6, 6.07) is 3.86. The van der Waals surface area contributed by atoms with E-state index < -0.39 is 0 Å². The topological polar surface area (TPSA) is 64.7 Å². The lowest BCUT2D eigenvalue weighted by molar-refractivity contribution is 1.20. The zero-order valence-electron chi connectivity index (χ0n) is 7.06. The average Bonchev–Trinajstić information content (AvgIpc) is 2.53. The number of aryl methyl sites for hydroxylation is 1. The van der Waals surface area contributed by atoms with Crippen LogP contribution in [0.5, 0.6) is 0 Å². The summed E-state index contributed by atoms with van der Waals surface area (Å²) >= 11 is 1.18. The van der Waals surface area contributed by atoms with Gasteiger partial charge in [0.1, 0.15) is 5.69 Å². The summed E-state index contributed by atoms with van der Waals surface area (Å²) in [5.74, 6) is 0.612. The number of hydrogen-bond donors (Lipinski definition) is 1. The third-order valence-corrected chi connectivity index (χ3v) is 2.21. The van der Waals surface area contributed by atoms with Crippen molar-refractivity contribution in [2.75, 3.05) is 5.73 Å². The van der Waals surface area contributed by atoms with Crippen LogP contribution >= 0.6 is 11.5 Å². The SMILES string of the molecule is Cc1cccnc1-c1nsc(N)n1. The molecule has 2 N–H and O–H groups in total. The van der Waals surface area contributed by atoms with Gasteiger partial charge in [0.2, 0.25) is 0 Å². The Hall–Kier alpha value is -1.49. The van der Waals surface area contributed by atoms with Crippen molar-refractivity contribution in [3.63, 3.8) is 0 Å². The van der Waals surface area contributed by atoms with E-state index in [1.165, 1.54) is 11.5 Å². The first kappa shape index (κ1) is 8.12. The molecule has 0 aliphatic heterocycles. The van der Waals surface area contributed by atoms with E-state index in [1.54, 1.807) is 6.20 Å². The summed E-state index contributed by atoms with van der Waals surface area (Å²) < 4.78 is 4.09. The van der Waals surface area contributed by atoms with E-state index in [2.05, 4.69) is 14.3 Å². The van der Waals surface area contributed by atoms with Gasteiger partial charge in [0.15, 0.2) is 11.0 Å². The van der Waals surface area contributed by atoms with Gasteiger partial charge in [0.05, 0.1) is 0 Å². The van der Waals surface area contributed by atoms with Crippen LogP contribution in [0, 0.1) is 6.92 Å². The second kappa shape index (κ2) is 3.10. The quantitative estimate of drug-likeness (QED) is 0.743. The van der Waals surface area contributed by atoms with Crippen LogP contribution in [0.1, 0.15) is 5.56 Å². The minimum atomic E-state index is 0.472. The number of rotatable bonds is 1. The number of nitrogen functional groups attached to an aromatic ring is 1. The van der Waals surface area contributed by atoms with E-state index in [0.29, 0.717) is 11.0 Å². The van der Waals surface area contributed by atoms with Crippen LogP contribution in [-0.2, 0) is 0 Å². The lowest BCUT2D eigenvalue weighted by Crippen LogP contribution is -1.89. The van der Waals surface area contributed by atoms with E-state index in [-0.39, 0.29) is 0 Å². The van der Waals surface area contributed by atoms with E-state index in [1.807, 2.05) is 19.1 Å². The molecule has 0 fully saturated rings. The van der Waals surface area contributed by atoms with Gasteiger partial charge >= 0.3 is 0 Å². The second-order valence-electron chi connectivity index (χ2n) is 2.63. The van der Waals surface area contributed by atoms with Crippen LogP contribution in [0.2, 0.25) is 0 Å². The Balaban J connectivity index is 2.52. The van der Waals surface area contributed by atoms with Gasteiger partial charge in [-0.3, -0.25) is 4.98 Å². The summed E-state index contributed by atoms with van der Waals surface area (Å²) in [6.07, 6.45) is 1.72. The van der Waals surface area contributed by atoms with Crippen LogP contribution in [0.4, 0.5) is 5.13 Å². The summed E-state index contributed by atoms with van der Waals surface area (Å²) in [7, 11) is 0. The molecule has 0 atom stereocenters. The summed E-state index contributed by atoms with van der Waals surface area (Å²) in [6.45, 7) is 1.97. The highest BCUT2D eigenvalue weighted by atomic mass is 32.1. The average molecular weight is 192 g/mol. The van der Waals surface area contributed by atoms with Gasteiger partial charge in [-0.1, -0.05) is 6.07 Å². The fourth-order valence-corrected chi connectivity index (χ4v) is 1.49. The molecule has 0 saturated heterocycles. The molecular weight excluding hydrogens is 184 g/mol. The van der Waals surface area contributed by atoms with Crippen molar-refractivity contribution >= 4 is 16.7 Å². The van der Waals surface area contributed by atoms with Crippen LogP contribution in [-0.4, -0.2) is 14.3 Å². The Morgan fingerprint density at radius 1 is 1.46 bits per heavy atom. The lowest BCUT2D eigenvalue weighted by atomic mass is 10.2. The van der Waals surface area contributed by atoms with Crippen LogP contribution in [0.15, 0.2) is 18.3 Å². The molecule has 4 nitrogen and oxygen atoms in total. The predicted molar refractivity (Wildman–Crippen MR) is 52.3 cm³/mol. The number of anilines is 1. The predicted octanol–water partition coefficient (Wildman–Crippen LogP) is 1.49. The highest BCUT2D eigenvalue weighted by molar-refractivity contribution is 7.09. The van der Waals surface area contributed by atoms with Crippen molar-refractivity contribution in [2.24, 2.45) is 0 Å². The van der Waals surface area contributed by atoms with Crippen molar-refractivity contribution in [3.8, 4) is 11.5 Å². The van der Waals surface area contributed by atoms with Gasteiger partial charge in [0, 0.05) is 17.7 Å². The molecule has 0 amide bonds. The Morgan fingerprint density at radius 3 is 2.92 bits per heavy atom. The first-order chi connectivity index (χ1) is 6.27. The molecule has 5 heteroatoms. The summed E-state index contributed by atoms with van der Waals surface area (Å²) in [5.41, 5.74) is 7.34. The first-order valence-electron chi connectivity index (χ1n) is 3.78. The van der Waals surface area contributed by atoms with Gasteiger partial charge in [-0.2, -0.15) is 9.36 Å². The molecule has 0 aromatic carbocycles. The van der Waals surface area contributed by atoms with Gasteiger partial charge < -0.3 is 5.73 Å². The molecule has 2 aromatic rings. The van der Waals surface area contributed by atoms with E-state index in [9.17, 15) is 0 Å². The fourth-order valence-electron chi connectivity index (χ4n) is 1.05. The van der Waals surface area contributed by atoms with Crippen LogP contribution in [0.25, 0.3) is 11.5 Å². The maximum atomic E-state index is 5.48. The lowest BCUT2D eigenvalue weighted by Gasteiger charge is -1.97. The highest BCUT2D eigenvalue weighted by Crippen LogP contribution is 2.19. The molecule has 13 heavy (non-hydrogen) atoms. The highest BCUT2D eigenvalue weighted by Gasteiger charge is 2.07. The second-order valence-corrected chi connectivity index (χ2v) is 3.41. The summed E-state index contributed by atoms with van der Waals surface area (Å²) in [4.78, 5) is 8.25. The molecule has 0 unspecified atom stereocenters. The van der Waals surface area contributed by atoms with Crippen molar-refractivity contribution in [2.45, 2.75) is 6.92 Å². The largest absolute Gasteiger partial charge is 0.374 e. The Morgan fingerprint density at radius 2 is 2.31 bits per heavy atom. The van der Waals surface area contributed by atoms with E-state index in [0.717, 1.165) is 11.3 Å². The Kier molecular flexibility index (Phi) is 1.94. The van der Waals surface area contributed by atoms with E-state index >= 15 is 0 Å². The minimum absolute atomic E-state index is 0.472. The standard InChI is InChI=1S/C8H8N4S/c1-5-3-2-4-10-6(5)7-11-8(9)13-12-7/h2-4H,1H3,(H2,9,11,12). The minimum Gasteiger partial charge on any atom is -0.374 e. The van der Waals surface area contributed by atoms with Gasteiger partial charge in [-0.15, -0.1) is 0 Å². The maximum Gasteiger partial charge on any atom is 0.200 e. The summed E-state index contributed by atoms with van der Waals surface area (Å²) in [5, 5.41) is 0.472. The zero-order chi connectivity index (χ0) is 9.26. The van der Waals surface area contributed by atoms with Gasteiger partial charge in [-0.25, -0.2) is 0 Å². The fraction of sp³-hybridized carbons (Fsp3) is 0.125. The molecular formula is C8H8N4S. The molecule has 2 aromatic heterocycles. The van der Waals surface area contributed by atoms with Crippen molar-refractivity contribution in [1.29, 1.82) is 0 Å². The maximum absolute atomic E-state index is 5.48. The molecule has 2 rings (SSSR count). The van der Waals surface area contributed by atoms with E-state index in [4.69, 9.17) is 5.73 Å². The van der Waals surface area contributed by atoms with Crippen molar-refractivity contribution in [3.05, 3.63) is 23.9 Å². The Labute approximate surface area is 79.6 Å². The number of nitrogens with two attached hydrogens (primary N) is 1. The zero-order valence-corrected chi connectivity index (χ0v) is 7.88. The normalized spacial score (nSPS) is 10.2. The van der Waals surface area contributed by atoms with Gasteiger partial charge in [-0.05, 0) is 18.6 Å². The molecule has 0 aliphatic rings. The number of hydrogen-bond acceptors (Lipinski definition) is 5. The third-order valence-electron chi connectivity index (χ3n) is 1.66. The van der Waals surface area contributed by atoms with Crippen molar-refractivity contribution < 1.29 is 0 Å². The molecule has 2 heterocycles. The number of pyridine rings is 1. The molecule has 0 radical (unpaired) electrons. The monoisotopic (exact) mass is 192 g/mol. The smallest absolute Gasteiger partial charge is 0.200 e. The third kappa shape index (κ3) is 1.50.